The van der Waals surface area contributed by atoms with Crippen molar-refractivity contribution in [1.82, 2.24) is 20.5 Å². The number of aromatic nitrogens is 1. The lowest BCUT2D eigenvalue weighted by Crippen LogP contribution is -2.42. The molecule has 0 saturated carbocycles. The van der Waals surface area contributed by atoms with Crippen molar-refractivity contribution in [2.24, 2.45) is 10.9 Å². The van der Waals surface area contributed by atoms with E-state index in [1.54, 1.807) is 0 Å². The Balaban J connectivity index is 1.36. The number of nitrogens with zero attached hydrogens (tertiary/aromatic N) is 3. The molecule has 0 amide bonds. The zero-order valence-corrected chi connectivity index (χ0v) is 17.7. The fourth-order valence-electron chi connectivity index (χ4n) is 3.36. The summed E-state index contributed by atoms with van der Waals surface area (Å²) in [6.07, 6.45) is 2.37. The molecule has 0 aliphatic carbocycles. The third-order valence-corrected chi connectivity index (χ3v) is 6.15. The van der Waals surface area contributed by atoms with Crippen LogP contribution >= 0.6 is 11.3 Å². The van der Waals surface area contributed by atoms with Gasteiger partial charge in [-0.25, -0.2) is 4.98 Å². The van der Waals surface area contributed by atoms with Gasteiger partial charge in [0.2, 0.25) is 5.89 Å². The number of nitrogens with one attached hydrogen (secondary N) is 2. The molecule has 0 aromatic carbocycles. The van der Waals surface area contributed by atoms with Crippen molar-refractivity contribution in [3.63, 3.8) is 0 Å². The van der Waals surface area contributed by atoms with E-state index >= 15 is 0 Å². The molecule has 1 saturated heterocycles. The van der Waals surface area contributed by atoms with Crippen LogP contribution in [0.4, 0.5) is 0 Å². The molecule has 2 aromatic rings. The second-order valence-electron chi connectivity index (χ2n) is 7.29. The van der Waals surface area contributed by atoms with Crippen LogP contribution < -0.4 is 10.6 Å². The van der Waals surface area contributed by atoms with E-state index in [0.717, 1.165) is 56.0 Å². The average molecular weight is 390 g/mol. The number of piperidine rings is 1. The fourth-order valence-corrected chi connectivity index (χ4v) is 4.19. The van der Waals surface area contributed by atoms with Gasteiger partial charge in [-0.2, -0.15) is 0 Å². The number of hydrogen-bond acceptors (Lipinski definition) is 5. The normalized spacial score (nSPS) is 16.7. The van der Waals surface area contributed by atoms with Crippen molar-refractivity contribution >= 4 is 17.3 Å². The molecular weight excluding hydrogens is 358 g/mol. The molecule has 148 valence electrons. The minimum absolute atomic E-state index is 0.678. The lowest BCUT2D eigenvalue weighted by Gasteiger charge is -2.31. The van der Waals surface area contributed by atoms with E-state index in [-0.39, 0.29) is 0 Å². The minimum atomic E-state index is 0.678. The summed E-state index contributed by atoms with van der Waals surface area (Å²) < 4.78 is 5.71. The van der Waals surface area contributed by atoms with Crippen molar-refractivity contribution in [1.29, 1.82) is 0 Å². The summed E-state index contributed by atoms with van der Waals surface area (Å²) in [4.78, 5) is 14.0. The van der Waals surface area contributed by atoms with Gasteiger partial charge < -0.3 is 15.1 Å². The highest BCUT2D eigenvalue weighted by Crippen LogP contribution is 2.19. The summed E-state index contributed by atoms with van der Waals surface area (Å²) in [6, 6.07) is 4.33. The number of thiophene rings is 1. The van der Waals surface area contributed by atoms with Gasteiger partial charge >= 0.3 is 0 Å². The standard InChI is InChI=1S/C20H31N5OS/c1-14-5-6-18(27-14)12-23-20(21-4)22-11-17-7-9-25(10-8-17)13-19-24-15(2)16(3)26-19/h5-6,17H,7-13H2,1-4H3,(H2,21,22,23). The highest BCUT2D eigenvalue weighted by atomic mass is 32.1. The molecule has 1 aliphatic heterocycles. The Morgan fingerprint density at radius 2 is 2.04 bits per heavy atom. The lowest BCUT2D eigenvalue weighted by molar-refractivity contribution is 0.164. The lowest BCUT2D eigenvalue weighted by atomic mass is 9.97. The Bertz CT molecular complexity index is 739. The first-order valence-electron chi connectivity index (χ1n) is 9.68. The predicted molar refractivity (Wildman–Crippen MR) is 111 cm³/mol. The van der Waals surface area contributed by atoms with Crippen molar-refractivity contribution < 1.29 is 4.42 Å². The molecule has 0 spiro atoms. The van der Waals surface area contributed by atoms with Crippen LogP contribution in [0, 0.1) is 26.7 Å². The monoisotopic (exact) mass is 389 g/mol. The number of aliphatic imine (C=N–C) groups is 1. The Kier molecular flexibility index (Phi) is 6.90. The summed E-state index contributed by atoms with van der Waals surface area (Å²) in [7, 11) is 1.83. The van der Waals surface area contributed by atoms with E-state index in [0.29, 0.717) is 5.92 Å². The van der Waals surface area contributed by atoms with Crippen LogP contribution in [0.3, 0.4) is 0 Å². The van der Waals surface area contributed by atoms with E-state index < -0.39 is 0 Å². The second-order valence-corrected chi connectivity index (χ2v) is 8.66. The van der Waals surface area contributed by atoms with Crippen LogP contribution in [0.25, 0.3) is 0 Å². The molecule has 0 unspecified atom stereocenters. The Labute approximate surface area is 166 Å². The summed E-state index contributed by atoms with van der Waals surface area (Å²) in [5.74, 6) is 3.33. The minimum Gasteiger partial charge on any atom is -0.444 e. The molecule has 2 aromatic heterocycles. The quantitative estimate of drug-likeness (QED) is 0.586. The van der Waals surface area contributed by atoms with Crippen molar-refractivity contribution in [2.45, 2.75) is 46.7 Å². The molecule has 7 heteroatoms. The predicted octanol–water partition coefficient (Wildman–Crippen LogP) is 3.24. The molecule has 0 atom stereocenters. The first-order chi connectivity index (χ1) is 13.0. The maximum atomic E-state index is 5.71. The Morgan fingerprint density at radius 1 is 1.26 bits per heavy atom. The van der Waals surface area contributed by atoms with Gasteiger partial charge in [0.05, 0.1) is 18.8 Å². The summed E-state index contributed by atoms with van der Waals surface area (Å²) in [5.41, 5.74) is 1.00. The molecule has 0 bridgehead atoms. The summed E-state index contributed by atoms with van der Waals surface area (Å²) in [6.45, 7) is 10.9. The molecule has 6 nitrogen and oxygen atoms in total. The second kappa shape index (κ2) is 9.37. The topological polar surface area (TPSA) is 65.7 Å². The molecule has 1 aliphatic rings. The van der Waals surface area contributed by atoms with Gasteiger partial charge in [-0.05, 0) is 64.8 Å². The van der Waals surface area contributed by atoms with Gasteiger partial charge in [-0.15, -0.1) is 11.3 Å². The van der Waals surface area contributed by atoms with Gasteiger partial charge in [0, 0.05) is 23.3 Å². The largest absolute Gasteiger partial charge is 0.444 e. The van der Waals surface area contributed by atoms with Crippen LogP contribution in [-0.2, 0) is 13.1 Å². The number of guanidine groups is 1. The molecule has 3 heterocycles. The van der Waals surface area contributed by atoms with Crippen molar-refractivity contribution in [3.05, 3.63) is 39.2 Å². The Hall–Kier alpha value is -1.86. The number of aryl methyl sites for hydroxylation is 3. The zero-order valence-electron chi connectivity index (χ0n) is 16.8. The van der Waals surface area contributed by atoms with Crippen LogP contribution in [0.5, 0.6) is 0 Å². The molecule has 27 heavy (non-hydrogen) atoms. The highest BCUT2D eigenvalue weighted by molar-refractivity contribution is 7.11. The number of oxazole rings is 1. The first kappa shape index (κ1) is 19.9. The molecule has 3 rings (SSSR count). The van der Waals surface area contributed by atoms with Crippen molar-refractivity contribution in [2.75, 3.05) is 26.7 Å². The molecule has 2 N–H and O–H groups in total. The smallest absolute Gasteiger partial charge is 0.208 e. The van der Waals surface area contributed by atoms with Crippen LogP contribution in [-0.4, -0.2) is 42.5 Å². The van der Waals surface area contributed by atoms with Crippen molar-refractivity contribution in [3.8, 4) is 0 Å². The van der Waals surface area contributed by atoms with E-state index in [4.69, 9.17) is 4.42 Å². The fraction of sp³-hybridized carbons (Fsp3) is 0.600. The summed E-state index contributed by atoms with van der Waals surface area (Å²) in [5, 5.41) is 6.89. The third kappa shape index (κ3) is 5.81. The number of hydrogen-bond donors (Lipinski definition) is 2. The van der Waals surface area contributed by atoms with E-state index in [1.807, 2.05) is 32.2 Å². The number of likely N-dealkylation sites (tertiary alicyclic amines) is 1. The first-order valence-corrected chi connectivity index (χ1v) is 10.5. The van der Waals surface area contributed by atoms with Gasteiger partial charge in [0.25, 0.3) is 0 Å². The van der Waals surface area contributed by atoms with E-state index in [1.165, 1.54) is 22.6 Å². The third-order valence-electron chi connectivity index (χ3n) is 5.15. The average Bonchev–Trinajstić information content (AvgIpc) is 3.21. The zero-order chi connectivity index (χ0) is 19.2. The Morgan fingerprint density at radius 3 is 2.63 bits per heavy atom. The molecule has 1 fully saturated rings. The molecular formula is C20H31N5OS. The van der Waals surface area contributed by atoms with Gasteiger partial charge in [-0.3, -0.25) is 9.89 Å². The molecule has 0 radical (unpaired) electrons. The van der Waals surface area contributed by atoms with Crippen LogP contribution in [0.2, 0.25) is 0 Å². The maximum absolute atomic E-state index is 5.71. The SMILES string of the molecule is CN=C(NCc1ccc(C)s1)NCC1CCN(Cc2nc(C)c(C)o2)CC1. The van der Waals surface area contributed by atoms with Gasteiger partial charge in [0.1, 0.15) is 5.76 Å². The van der Waals surface area contributed by atoms with Gasteiger partial charge in [-0.1, -0.05) is 0 Å². The van der Waals surface area contributed by atoms with E-state index in [2.05, 4.69) is 44.6 Å². The van der Waals surface area contributed by atoms with Crippen LogP contribution in [0.1, 0.15) is 39.9 Å². The highest BCUT2D eigenvalue weighted by Gasteiger charge is 2.21. The number of rotatable bonds is 6. The van der Waals surface area contributed by atoms with E-state index in [9.17, 15) is 0 Å². The van der Waals surface area contributed by atoms with Gasteiger partial charge in [0.15, 0.2) is 5.96 Å². The maximum Gasteiger partial charge on any atom is 0.208 e. The van der Waals surface area contributed by atoms with Crippen LogP contribution in [0.15, 0.2) is 21.5 Å². The summed E-state index contributed by atoms with van der Waals surface area (Å²) >= 11 is 1.83.